The molecule has 148 valence electrons. The Bertz CT molecular complexity index is 916. The molecule has 1 atom stereocenters. The fourth-order valence-electron chi connectivity index (χ4n) is 4.43. The normalized spacial score (nSPS) is 16.5. The molecule has 2 aromatic carbocycles. The van der Waals surface area contributed by atoms with E-state index in [1.165, 1.54) is 18.4 Å². The SMILES string of the molecule is Cl.NC(Cc1c[nH]c2ccccc12)C(=O)NCC1(c2ccccc2)CCCC1. The summed E-state index contributed by atoms with van der Waals surface area (Å²) in [5.74, 6) is -0.0671. The molecule has 1 aliphatic rings. The monoisotopic (exact) mass is 397 g/mol. The van der Waals surface area contributed by atoms with Crippen molar-refractivity contribution in [3.63, 3.8) is 0 Å². The Kier molecular flexibility index (Phi) is 6.42. The van der Waals surface area contributed by atoms with E-state index in [0.29, 0.717) is 13.0 Å². The molecule has 1 heterocycles. The van der Waals surface area contributed by atoms with Crippen molar-refractivity contribution in [1.29, 1.82) is 0 Å². The average molecular weight is 398 g/mol. The molecular formula is C23H28ClN3O. The first-order chi connectivity index (χ1) is 13.2. The molecule has 0 radical (unpaired) electrons. The van der Waals surface area contributed by atoms with Gasteiger partial charge in [-0.3, -0.25) is 4.79 Å². The van der Waals surface area contributed by atoms with Gasteiger partial charge in [0.2, 0.25) is 5.91 Å². The highest BCUT2D eigenvalue weighted by Crippen LogP contribution is 2.40. The van der Waals surface area contributed by atoms with Gasteiger partial charge in [0.15, 0.2) is 0 Å². The molecular weight excluding hydrogens is 370 g/mol. The molecule has 0 aliphatic heterocycles. The molecule has 3 aromatic rings. The number of halogens is 1. The highest BCUT2D eigenvalue weighted by molar-refractivity contribution is 5.86. The van der Waals surface area contributed by atoms with E-state index in [1.54, 1.807) is 0 Å². The number of H-pyrrole nitrogens is 1. The molecule has 0 spiro atoms. The fraction of sp³-hybridized carbons (Fsp3) is 0.348. The van der Waals surface area contributed by atoms with E-state index in [2.05, 4.69) is 40.6 Å². The molecule has 1 aromatic heterocycles. The smallest absolute Gasteiger partial charge is 0.237 e. The number of carbonyl (C=O) groups is 1. The van der Waals surface area contributed by atoms with Crippen LogP contribution in [0.5, 0.6) is 0 Å². The van der Waals surface area contributed by atoms with Crippen molar-refractivity contribution in [3.05, 3.63) is 71.9 Å². The predicted octanol–water partition coefficient (Wildman–Crippen LogP) is 4.09. The van der Waals surface area contributed by atoms with Crippen molar-refractivity contribution in [3.8, 4) is 0 Å². The maximum absolute atomic E-state index is 12.7. The summed E-state index contributed by atoms with van der Waals surface area (Å²) < 4.78 is 0. The summed E-state index contributed by atoms with van der Waals surface area (Å²) >= 11 is 0. The van der Waals surface area contributed by atoms with Crippen molar-refractivity contribution in [2.75, 3.05) is 6.54 Å². The van der Waals surface area contributed by atoms with Gasteiger partial charge in [-0.25, -0.2) is 0 Å². The number of benzene rings is 2. The first-order valence-corrected chi connectivity index (χ1v) is 9.82. The van der Waals surface area contributed by atoms with Gasteiger partial charge in [-0.1, -0.05) is 61.4 Å². The average Bonchev–Trinajstić information content (AvgIpc) is 3.35. The van der Waals surface area contributed by atoms with Crippen LogP contribution < -0.4 is 11.1 Å². The van der Waals surface area contributed by atoms with Crippen LogP contribution in [0.15, 0.2) is 60.8 Å². The molecule has 1 amide bonds. The topological polar surface area (TPSA) is 70.9 Å². The number of fused-ring (bicyclic) bond motifs is 1. The van der Waals surface area contributed by atoms with Crippen molar-refractivity contribution < 1.29 is 4.79 Å². The Labute approximate surface area is 172 Å². The number of hydrogen-bond acceptors (Lipinski definition) is 2. The van der Waals surface area contributed by atoms with Crippen molar-refractivity contribution in [1.82, 2.24) is 10.3 Å². The summed E-state index contributed by atoms with van der Waals surface area (Å²) in [7, 11) is 0. The molecule has 28 heavy (non-hydrogen) atoms. The molecule has 5 heteroatoms. The lowest BCUT2D eigenvalue weighted by Crippen LogP contribution is -2.47. The molecule has 1 fully saturated rings. The lowest BCUT2D eigenvalue weighted by Gasteiger charge is -2.30. The standard InChI is InChI=1S/C23H27N3O.ClH/c24-20(14-17-15-25-21-11-5-4-10-19(17)21)22(27)26-16-23(12-6-7-13-23)18-8-2-1-3-9-18;/h1-5,8-11,15,20,25H,6-7,12-14,16,24H2,(H,26,27);1H. The third kappa shape index (κ3) is 4.08. The van der Waals surface area contributed by atoms with Gasteiger partial charge < -0.3 is 16.0 Å². The minimum Gasteiger partial charge on any atom is -0.361 e. The number of nitrogens with two attached hydrogens (primary N) is 1. The Balaban J connectivity index is 0.00000225. The van der Waals surface area contributed by atoms with Crippen LogP contribution in [-0.2, 0) is 16.6 Å². The summed E-state index contributed by atoms with van der Waals surface area (Å²) in [6, 6.07) is 18.1. The lowest BCUT2D eigenvalue weighted by molar-refractivity contribution is -0.122. The highest BCUT2D eigenvalue weighted by Gasteiger charge is 2.36. The zero-order valence-corrected chi connectivity index (χ0v) is 16.8. The van der Waals surface area contributed by atoms with E-state index in [0.717, 1.165) is 29.3 Å². The van der Waals surface area contributed by atoms with Gasteiger partial charge in [0.25, 0.3) is 0 Å². The number of amides is 1. The van der Waals surface area contributed by atoms with Crippen LogP contribution in [0.2, 0.25) is 0 Å². The number of nitrogens with one attached hydrogen (secondary N) is 2. The van der Waals surface area contributed by atoms with Crippen molar-refractivity contribution in [2.45, 2.75) is 43.6 Å². The molecule has 1 unspecified atom stereocenters. The van der Waals surface area contributed by atoms with Gasteiger partial charge in [0, 0.05) is 29.1 Å². The number of aromatic nitrogens is 1. The molecule has 0 saturated heterocycles. The van der Waals surface area contributed by atoms with Crippen LogP contribution in [0.3, 0.4) is 0 Å². The second kappa shape index (κ2) is 8.80. The maximum atomic E-state index is 12.7. The first-order valence-electron chi connectivity index (χ1n) is 9.82. The summed E-state index contributed by atoms with van der Waals surface area (Å²) in [6.07, 6.45) is 7.16. The Morgan fingerprint density at radius 2 is 1.75 bits per heavy atom. The highest BCUT2D eigenvalue weighted by atomic mass is 35.5. The van der Waals surface area contributed by atoms with E-state index in [9.17, 15) is 4.79 Å². The number of rotatable bonds is 6. The summed E-state index contributed by atoms with van der Waals surface area (Å²) in [5.41, 5.74) is 9.79. The van der Waals surface area contributed by atoms with Gasteiger partial charge in [0.05, 0.1) is 6.04 Å². The quantitative estimate of drug-likeness (QED) is 0.586. The number of aromatic amines is 1. The van der Waals surface area contributed by atoms with Crippen LogP contribution in [0.4, 0.5) is 0 Å². The van der Waals surface area contributed by atoms with E-state index in [-0.39, 0.29) is 23.7 Å². The minimum absolute atomic E-state index is 0. The largest absolute Gasteiger partial charge is 0.361 e. The van der Waals surface area contributed by atoms with Gasteiger partial charge in [-0.05, 0) is 36.5 Å². The fourth-order valence-corrected chi connectivity index (χ4v) is 4.43. The molecule has 1 saturated carbocycles. The lowest BCUT2D eigenvalue weighted by atomic mass is 9.79. The van der Waals surface area contributed by atoms with Crippen LogP contribution in [-0.4, -0.2) is 23.5 Å². The van der Waals surface area contributed by atoms with Gasteiger partial charge in [-0.15, -0.1) is 12.4 Å². The van der Waals surface area contributed by atoms with E-state index in [4.69, 9.17) is 5.73 Å². The predicted molar refractivity (Wildman–Crippen MR) is 117 cm³/mol. The summed E-state index contributed by atoms with van der Waals surface area (Å²) in [6.45, 7) is 0.664. The number of hydrogen-bond donors (Lipinski definition) is 3. The zero-order chi connectivity index (χ0) is 18.7. The van der Waals surface area contributed by atoms with E-state index in [1.807, 2.05) is 30.5 Å². The van der Waals surface area contributed by atoms with Crippen LogP contribution in [0, 0.1) is 0 Å². The maximum Gasteiger partial charge on any atom is 0.237 e. The third-order valence-corrected chi connectivity index (χ3v) is 6.00. The summed E-state index contributed by atoms with van der Waals surface area (Å²) in [4.78, 5) is 15.9. The van der Waals surface area contributed by atoms with E-state index < -0.39 is 6.04 Å². The first kappa shape index (κ1) is 20.4. The molecule has 4 nitrogen and oxygen atoms in total. The number of para-hydroxylation sites is 1. The molecule has 4 rings (SSSR count). The second-order valence-electron chi connectivity index (χ2n) is 7.74. The van der Waals surface area contributed by atoms with Gasteiger partial charge in [0.1, 0.15) is 0 Å². The third-order valence-electron chi connectivity index (χ3n) is 6.00. The zero-order valence-electron chi connectivity index (χ0n) is 16.0. The Hall–Kier alpha value is -2.30. The van der Waals surface area contributed by atoms with Crippen LogP contribution in [0.1, 0.15) is 36.8 Å². The molecule has 0 bridgehead atoms. The Morgan fingerprint density at radius 3 is 2.50 bits per heavy atom. The Morgan fingerprint density at radius 1 is 1.07 bits per heavy atom. The molecule has 1 aliphatic carbocycles. The van der Waals surface area contributed by atoms with Gasteiger partial charge in [-0.2, -0.15) is 0 Å². The molecule has 4 N–H and O–H groups in total. The number of carbonyl (C=O) groups excluding carboxylic acids is 1. The van der Waals surface area contributed by atoms with Crippen LogP contribution in [0.25, 0.3) is 10.9 Å². The van der Waals surface area contributed by atoms with E-state index >= 15 is 0 Å². The minimum atomic E-state index is -0.543. The second-order valence-corrected chi connectivity index (χ2v) is 7.74. The van der Waals surface area contributed by atoms with Crippen molar-refractivity contribution in [2.24, 2.45) is 5.73 Å². The van der Waals surface area contributed by atoms with Crippen LogP contribution >= 0.6 is 12.4 Å². The van der Waals surface area contributed by atoms with Gasteiger partial charge >= 0.3 is 0 Å². The summed E-state index contributed by atoms with van der Waals surface area (Å²) in [5, 5.41) is 4.29. The van der Waals surface area contributed by atoms with Crippen molar-refractivity contribution >= 4 is 29.2 Å².